The third-order valence-corrected chi connectivity index (χ3v) is 4.11. The minimum Gasteiger partial charge on any atom is -0.497 e. The molecular weight excluding hydrogens is 382 g/mol. The van der Waals surface area contributed by atoms with Gasteiger partial charge in [-0.2, -0.15) is 0 Å². The van der Waals surface area contributed by atoms with Crippen molar-refractivity contribution in [2.75, 3.05) is 20.5 Å². The molecule has 3 N–H and O–H groups in total. The van der Waals surface area contributed by atoms with Gasteiger partial charge in [-0.25, -0.2) is 0 Å². The monoisotopic (exact) mass is 403 g/mol. The molecule has 0 fully saturated rings. The summed E-state index contributed by atoms with van der Waals surface area (Å²) in [6, 6.07) is 12.8. The second-order valence-corrected chi connectivity index (χ2v) is 6.23. The van der Waals surface area contributed by atoms with Crippen LogP contribution in [0.1, 0.15) is 12.0 Å². The van der Waals surface area contributed by atoms with E-state index in [0.29, 0.717) is 23.2 Å². The van der Waals surface area contributed by atoms with Crippen molar-refractivity contribution in [3.05, 3.63) is 48.0 Å². The molecule has 28 heavy (non-hydrogen) atoms. The first-order chi connectivity index (χ1) is 13.6. The highest BCUT2D eigenvalue weighted by atomic mass is 32.1. The Bertz CT molecular complexity index is 829. The Morgan fingerprint density at radius 2 is 1.82 bits per heavy atom. The number of hydrazine groups is 1. The molecule has 0 saturated heterocycles. The minimum atomic E-state index is -0.235. The van der Waals surface area contributed by atoms with E-state index in [1.54, 1.807) is 31.4 Å². The Morgan fingerprint density at radius 1 is 1.07 bits per heavy atom. The van der Waals surface area contributed by atoms with Crippen molar-refractivity contribution in [1.82, 2.24) is 16.2 Å². The van der Waals surface area contributed by atoms with Crippen LogP contribution in [0.25, 0.3) is 0 Å². The molecule has 148 valence electrons. The van der Waals surface area contributed by atoms with Crippen molar-refractivity contribution >= 4 is 23.2 Å². The molecule has 1 heterocycles. The molecule has 0 aliphatic carbocycles. The van der Waals surface area contributed by atoms with Gasteiger partial charge in [-0.15, -0.1) is 0 Å². The van der Waals surface area contributed by atoms with Crippen molar-refractivity contribution in [2.24, 2.45) is 0 Å². The summed E-state index contributed by atoms with van der Waals surface area (Å²) in [4.78, 5) is 11.8. The van der Waals surface area contributed by atoms with Crippen LogP contribution in [-0.4, -0.2) is 31.5 Å². The van der Waals surface area contributed by atoms with Gasteiger partial charge in [-0.05, 0) is 54.2 Å². The van der Waals surface area contributed by atoms with Gasteiger partial charge in [-0.3, -0.25) is 15.6 Å². The third kappa shape index (κ3) is 5.65. The topological polar surface area (TPSA) is 90.1 Å². The molecule has 1 aliphatic heterocycles. The second kappa shape index (κ2) is 9.65. The lowest BCUT2D eigenvalue weighted by Gasteiger charge is -2.12. The Kier molecular flexibility index (Phi) is 6.74. The van der Waals surface area contributed by atoms with Crippen molar-refractivity contribution in [2.45, 2.75) is 13.0 Å². The van der Waals surface area contributed by atoms with Crippen molar-refractivity contribution in [1.29, 1.82) is 0 Å². The first-order valence-corrected chi connectivity index (χ1v) is 9.03. The molecular formula is C19H21N3O5S. The Hall–Kier alpha value is -3.20. The fraction of sp³-hybridized carbons (Fsp3) is 0.263. The number of carbonyl (C=O) groups excluding carboxylic acids is 1. The van der Waals surface area contributed by atoms with Crippen LogP contribution in [-0.2, 0) is 11.3 Å². The van der Waals surface area contributed by atoms with E-state index in [-0.39, 0.29) is 25.7 Å². The van der Waals surface area contributed by atoms with Gasteiger partial charge in [0.05, 0.1) is 20.1 Å². The van der Waals surface area contributed by atoms with E-state index in [2.05, 4.69) is 16.2 Å². The maximum absolute atomic E-state index is 11.8. The van der Waals surface area contributed by atoms with E-state index in [4.69, 9.17) is 31.2 Å². The summed E-state index contributed by atoms with van der Waals surface area (Å²) in [6.45, 7) is 0.969. The molecule has 3 rings (SSSR count). The molecule has 1 amide bonds. The maximum Gasteiger partial charge on any atom is 0.241 e. The highest BCUT2D eigenvalue weighted by Gasteiger charge is 2.13. The number of nitrogens with one attached hydrogen (secondary N) is 3. The molecule has 0 saturated carbocycles. The zero-order valence-corrected chi connectivity index (χ0v) is 16.1. The Morgan fingerprint density at radius 3 is 2.61 bits per heavy atom. The molecule has 2 aromatic rings. The molecule has 2 aromatic carbocycles. The van der Waals surface area contributed by atoms with Gasteiger partial charge in [0, 0.05) is 6.54 Å². The van der Waals surface area contributed by atoms with Gasteiger partial charge in [-0.1, -0.05) is 6.07 Å². The predicted molar refractivity (Wildman–Crippen MR) is 106 cm³/mol. The number of amides is 1. The molecule has 0 atom stereocenters. The molecule has 0 bridgehead atoms. The molecule has 9 heteroatoms. The van der Waals surface area contributed by atoms with Crippen molar-refractivity contribution in [3.8, 4) is 23.0 Å². The number of benzene rings is 2. The average molecular weight is 403 g/mol. The highest BCUT2D eigenvalue weighted by Crippen LogP contribution is 2.32. The van der Waals surface area contributed by atoms with Crippen LogP contribution in [0, 0.1) is 0 Å². The summed E-state index contributed by atoms with van der Waals surface area (Å²) in [5, 5.41) is 3.31. The number of fused-ring (bicyclic) bond motifs is 1. The first-order valence-electron chi connectivity index (χ1n) is 8.62. The third-order valence-electron chi connectivity index (χ3n) is 3.86. The normalized spacial score (nSPS) is 11.5. The summed E-state index contributed by atoms with van der Waals surface area (Å²) in [6.07, 6.45) is 0.184. The number of hydrogen-bond donors (Lipinski definition) is 3. The molecule has 0 spiro atoms. The zero-order chi connectivity index (χ0) is 19.8. The SMILES string of the molecule is COc1ccc(OCCC(=O)NNC(=S)NCc2ccc3c(c2)OCO3)cc1. The molecule has 0 aromatic heterocycles. The number of thiocarbonyl (C=S) groups is 1. The predicted octanol–water partition coefficient (Wildman–Crippen LogP) is 1.89. The van der Waals surface area contributed by atoms with E-state index in [9.17, 15) is 4.79 Å². The fourth-order valence-electron chi connectivity index (χ4n) is 2.40. The van der Waals surface area contributed by atoms with Crippen LogP contribution in [0.2, 0.25) is 0 Å². The van der Waals surface area contributed by atoms with E-state index in [0.717, 1.165) is 17.1 Å². The van der Waals surface area contributed by atoms with E-state index in [1.165, 1.54) is 0 Å². The van der Waals surface area contributed by atoms with Crippen molar-refractivity contribution < 1.29 is 23.7 Å². The lowest BCUT2D eigenvalue weighted by Crippen LogP contribution is -2.46. The number of carbonyl (C=O) groups is 1. The second-order valence-electron chi connectivity index (χ2n) is 5.82. The fourth-order valence-corrected chi connectivity index (χ4v) is 2.52. The molecule has 1 aliphatic rings. The Balaban J connectivity index is 1.31. The molecule has 0 radical (unpaired) electrons. The highest BCUT2D eigenvalue weighted by molar-refractivity contribution is 7.80. The summed E-state index contributed by atoms with van der Waals surface area (Å²) in [7, 11) is 1.60. The van der Waals surface area contributed by atoms with Gasteiger partial charge < -0.3 is 24.3 Å². The summed E-state index contributed by atoms with van der Waals surface area (Å²) < 4.78 is 21.2. The first kappa shape index (κ1) is 19.6. The smallest absolute Gasteiger partial charge is 0.241 e. The van der Waals surface area contributed by atoms with Crippen LogP contribution in [0.3, 0.4) is 0 Å². The summed E-state index contributed by atoms with van der Waals surface area (Å²) in [5.41, 5.74) is 6.17. The minimum absolute atomic E-state index is 0.184. The zero-order valence-electron chi connectivity index (χ0n) is 15.3. The Labute approximate surface area is 168 Å². The number of hydrogen-bond acceptors (Lipinski definition) is 6. The lowest BCUT2D eigenvalue weighted by molar-refractivity contribution is -0.122. The van der Waals surface area contributed by atoms with Crippen LogP contribution in [0.5, 0.6) is 23.0 Å². The number of ether oxygens (including phenoxy) is 4. The largest absolute Gasteiger partial charge is 0.497 e. The maximum atomic E-state index is 11.8. The lowest BCUT2D eigenvalue weighted by atomic mass is 10.2. The number of methoxy groups -OCH3 is 1. The van der Waals surface area contributed by atoms with E-state index >= 15 is 0 Å². The van der Waals surface area contributed by atoms with Crippen LogP contribution < -0.4 is 35.1 Å². The van der Waals surface area contributed by atoms with Crippen LogP contribution in [0.15, 0.2) is 42.5 Å². The molecule has 0 unspecified atom stereocenters. The van der Waals surface area contributed by atoms with Gasteiger partial charge in [0.15, 0.2) is 16.6 Å². The summed E-state index contributed by atoms with van der Waals surface area (Å²) >= 11 is 5.15. The van der Waals surface area contributed by atoms with E-state index in [1.807, 2.05) is 18.2 Å². The standard InChI is InChI=1S/C19H21N3O5S/c1-24-14-3-5-15(6-4-14)25-9-8-18(23)21-22-19(28)20-11-13-2-7-16-17(10-13)27-12-26-16/h2-7,10H,8-9,11-12H2,1H3,(H,21,23)(H2,20,22,28). The van der Waals surface area contributed by atoms with Crippen molar-refractivity contribution in [3.63, 3.8) is 0 Å². The van der Waals surface area contributed by atoms with Crippen LogP contribution >= 0.6 is 12.2 Å². The average Bonchev–Trinajstić information content (AvgIpc) is 3.19. The molecule has 8 nitrogen and oxygen atoms in total. The quantitative estimate of drug-likeness (QED) is 0.477. The van der Waals surface area contributed by atoms with Crippen LogP contribution in [0.4, 0.5) is 0 Å². The number of rotatable bonds is 7. The van der Waals surface area contributed by atoms with Gasteiger partial charge in [0.25, 0.3) is 0 Å². The van der Waals surface area contributed by atoms with Gasteiger partial charge in [0.2, 0.25) is 12.7 Å². The van der Waals surface area contributed by atoms with E-state index < -0.39 is 0 Å². The summed E-state index contributed by atoms with van der Waals surface area (Å²) in [5.74, 6) is 2.62. The van der Waals surface area contributed by atoms with Gasteiger partial charge in [0.1, 0.15) is 11.5 Å². The van der Waals surface area contributed by atoms with Gasteiger partial charge >= 0.3 is 0 Å².